The lowest BCUT2D eigenvalue weighted by atomic mass is 9.80. The van der Waals surface area contributed by atoms with Crippen molar-refractivity contribution < 1.29 is 27.5 Å². The van der Waals surface area contributed by atoms with Gasteiger partial charge in [-0.1, -0.05) is 12.1 Å². The first-order valence-electron chi connectivity index (χ1n) is 8.42. The fourth-order valence-electron chi connectivity index (χ4n) is 2.72. The summed E-state index contributed by atoms with van der Waals surface area (Å²) < 4.78 is 35.7. The van der Waals surface area contributed by atoms with Crippen molar-refractivity contribution in [2.75, 3.05) is 5.32 Å². The molecule has 1 aromatic heterocycles. The molecule has 1 aliphatic rings. The van der Waals surface area contributed by atoms with Crippen LogP contribution in [0.5, 0.6) is 0 Å². The van der Waals surface area contributed by atoms with Crippen LogP contribution in [-0.2, 0) is 16.1 Å². The Balaban J connectivity index is 1.46. The molecule has 1 saturated carbocycles. The number of carbonyl (C=O) groups excluding carboxylic acids is 2. The van der Waals surface area contributed by atoms with Crippen LogP contribution in [0.15, 0.2) is 41.3 Å². The van der Waals surface area contributed by atoms with Gasteiger partial charge < -0.3 is 14.5 Å². The van der Waals surface area contributed by atoms with Crippen molar-refractivity contribution in [1.82, 2.24) is 10.3 Å². The van der Waals surface area contributed by atoms with Crippen molar-refractivity contribution in [2.24, 2.45) is 5.92 Å². The third-order valence-corrected chi connectivity index (χ3v) is 4.31. The molecule has 0 saturated heterocycles. The Morgan fingerprint density at radius 1 is 1.33 bits per heavy atom. The average Bonchev–Trinajstić information content (AvgIpc) is 3.12. The number of anilines is 1. The van der Waals surface area contributed by atoms with Crippen molar-refractivity contribution in [3.05, 3.63) is 48.2 Å². The quantitative estimate of drug-likeness (QED) is 0.799. The van der Waals surface area contributed by atoms with E-state index in [0.717, 1.165) is 5.56 Å². The lowest BCUT2D eigenvalue weighted by Gasteiger charge is -2.34. The van der Waals surface area contributed by atoms with Crippen LogP contribution in [0.2, 0.25) is 0 Å². The molecule has 1 aromatic carbocycles. The smallest absolute Gasteiger partial charge is 0.412 e. The zero-order valence-corrected chi connectivity index (χ0v) is 14.6. The minimum absolute atomic E-state index is 0.0345. The van der Waals surface area contributed by atoms with Crippen LogP contribution in [-0.4, -0.2) is 22.9 Å². The van der Waals surface area contributed by atoms with Crippen molar-refractivity contribution in [3.8, 4) is 0 Å². The summed E-state index contributed by atoms with van der Waals surface area (Å²) in [7, 11) is 0. The second kappa shape index (κ2) is 7.73. The SMILES string of the molecule is C[C@H](NC(=O)C1CC(F)(F)C1)c1ccc(NC(=O)OCc2cnco2)cc1. The van der Waals surface area contributed by atoms with E-state index in [-0.39, 0.29) is 18.6 Å². The number of benzene rings is 1. The van der Waals surface area contributed by atoms with Crippen LogP contribution in [0.3, 0.4) is 0 Å². The molecule has 3 rings (SSSR count). The number of nitrogens with zero attached hydrogens (tertiary/aromatic N) is 1. The number of oxazole rings is 1. The monoisotopic (exact) mass is 379 g/mol. The highest BCUT2D eigenvalue weighted by Gasteiger charge is 2.48. The van der Waals surface area contributed by atoms with Gasteiger partial charge in [-0.15, -0.1) is 0 Å². The van der Waals surface area contributed by atoms with Crippen LogP contribution in [0.1, 0.15) is 37.1 Å². The number of alkyl halides is 2. The Morgan fingerprint density at radius 3 is 2.63 bits per heavy atom. The summed E-state index contributed by atoms with van der Waals surface area (Å²) in [5.41, 5.74) is 1.30. The zero-order valence-electron chi connectivity index (χ0n) is 14.6. The van der Waals surface area contributed by atoms with E-state index in [1.165, 1.54) is 12.6 Å². The Hall–Kier alpha value is -2.97. The summed E-state index contributed by atoms with van der Waals surface area (Å²) in [6.45, 7) is 1.73. The third-order valence-electron chi connectivity index (χ3n) is 4.31. The van der Waals surface area contributed by atoms with Gasteiger partial charge in [0, 0.05) is 24.4 Å². The minimum Gasteiger partial charge on any atom is -0.445 e. The summed E-state index contributed by atoms with van der Waals surface area (Å²) >= 11 is 0. The summed E-state index contributed by atoms with van der Waals surface area (Å²) in [6, 6.07) is 6.44. The largest absolute Gasteiger partial charge is 0.445 e. The summed E-state index contributed by atoms with van der Waals surface area (Å²) in [4.78, 5) is 27.4. The molecule has 0 aliphatic heterocycles. The van der Waals surface area contributed by atoms with E-state index in [4.69, 9.17) is 9.15 Å². The molecular formula is C18H19F2N3O4. The van der Waals surface area contributed by atoms with Gasteiger partial charge in [-0.3, -0.25) is 10.1 Å². The predicted octanol–water partition coefficient (Wildman–Crippen LogP) is 3.65. The van der Waals surface area contributed by atoms with E-state index in [2.05, 4.69) is 15.6 Å². The lowest BCUT2D eigenvalue weighted by Crippen LogP contribution is -2.45. The van der Waals surface area contributed by atoms with Gasteiger partial charge in [-0.05, 0) is 24.6 Å². The van der Waals surface area contributed by atoms with Crippen molar-refractivity contribution in [2.45, 2.75) is 38.3 Å². The van der Waals surface area contributed by atoms with E-state index in [1.54, 1.807) is 31.2 Å². The number of aromatic nitrogens is 1. The normalized spacial score (nSPS) is 16.9. The number of hydrogen-bond acceptors (Lipinski definition) is 5. The zero-order chi connectivity index (χ0) is 19.4. The maximum absolute atomic E-state index is 12.9. The Bertz CT molecular complexity index is 785. The van der Waals surface area contributed by atoms with Crippen LogP contribution in [0.25, 0.3) is 0 Å². The first-order valence-corrected chi connectivity index (χ1v) is 8.42. The molecule has 0 bridgehead atoms. The second-order valence-electron chi connectivity index (χ2n) is 6.48. The van der Waals surface area contributed by atoms with Gasteiger partial charge in [0.15, 0.2) is 18.8 Å². The second-order valence-corrected chi connectivity index (χ2v) is 6.48. The van der Waals surface area contributed by atoms with E-state index < -0.39 is 30.8 Å². The molecule has 27 heavy (non-hydrogen) atoms. The number of amides is 2. The van der Waals surface area contributed by atoms with E-state index in [0.29, 0.717) is 11.4 Å². The maximum atomic E-state index is 12.9. The van der Waals surface area contributed by atoms with Gasteiger partial charge in [0.05, 0.1) is 12.2 Å². The topological polar surface area (TPSA) is 93.5 Å². The number of ether oxygens (including phenoxy) is 1. The Morgan fingerprint density at radius 2 is 2.04 bits per heavy atom. The molecule has 1 aliphatic carbocycles. The van der Waals surface area contributed by atoms with Crippen LogP contribution in [0, 0.1) is 5.92 Å². The lowest BCUT2D eigenvalue weighted by molar-refractivity contribution is -0.150. The molecule has 0 unspecified atom stereocenters. The minimum atomic E-state index is -2.72. The first kappa shape index (κ1) is 18.8. The van der Waals surface area contributed by atoms with E-state index >= 15 is 0 Å². The molecule has 1 fully saturated rings. The van der Waals surface area contributed by atoms with Gasteiger partial charge in [0.25, 0.3) is 0 Å². The fraction of sp³-hybridized carbons (Fsp3) is 0.389. The molecule has 2 N–H and O–H groups in total. The summed E-state index contributed by atoms with van der Waals surface area (Å²) in [5, 5.41) is 5.29. The van der Waals surface area contributed by atoms with Crippen LogP contribution >= 0.6 is 0 Å². The number of halogens is 2. The molecular weight excluding hydrogens is 360 g/mol. The maximum Gasteiger partial charge on any atom is 0.412 e. The number of hydrogen-bond donors (Lipinski definition) is 2. The first-order chi connectivity index (χ1) is 12.8. The number of carbonyl (C=O) groups is 2. The molecule has 144 valence electrons. The van der Waals surface area contributed by atoms with Gasteiger partial charge in [0.1, 0.15) is 0 Å². The van der Waals surface area contributed by atoms with Gasteiger partial charge in [0.2, 0.25) is 11.8 Å². The van der Waals surface area contributed by atoms with Gasteiger partial charge in [-0.25, -0.2) is 18.6 Å². The number of nitrogens with one attached hydrogen (secondary N) is 2. The van der Waals surface area contributed by atoms with Crippen molar-refractivity contribution in [3.63, 3.8) is 0 Å². The molecule has 1 heterocycles. The molecule has 0 spiro atoms. The van der Waals surface area contributed by atoms with E-state index in [9.17, 15) is 18.4 Å². The third kappa shape index (κ3) is 5.02. The molecule has 1 atom stereocenters. The molecule has 2 aromatic rings. The highest BCUT2D eigenvalue weighted by atomic mass is 19.3. The van der Waals surface area contributed by atoms with Crippen molar-refractivity contribution >= 4 is 17.7 Å². The molecule has 7 nitrogen and oxygen atoms in total. The summed E-state index contributed by atoms with van der Waals surface area (Å²) in [5.74, 6) is -3.30. The van der Waals surface area contributed by atoms with E-state index in [1.807, 2.05) is 0 Å². The van der Waals surface area contributed by atoms with Crippen LogP contribution < -0.4 is 10.6 Å². The highest BCUT2D eigenvalue weighted by molar-refractivity contribution is 5.84. The Kier molecular flexibility index (Phi) is 5.38. The predicted molar refractivity (Wildman–Crippen MR) is 91.0 cm³/mol. The van der Waals surface area contributed by atoms with Crippen molar-refractivity contribution in [1.29, 1.82) is 0 Å². The Labute approximate surface area is 154 Å². The molecule has 2 amide bonds. The van der Waals surface area contributed by atoms with Gasteiger partial charge >= 0.3 is 6.09 Å². The summed E-state index contributed by atoms with van der Waals surface area (Å²) in [6.07, 6.45) is 1.25. The fourth-order valence-corrected chi connectivity index (χ4v) is 2.72. The average molecular weight is 379 g/mol. The standard InChI is InChI=1S/C18H19F2N3O4/c1-11(22-16(24)13-6-18(19,20)7-13)12-2-4-14(5-3-12)23-17(25)26-9-15-8-21-10-27-15/h2-5,8,10-11,13H,6-7,9H2,1H3,(H,22,24)(H,23,25)/t11-/m0/s1. The highest BCUT2D eigenvalue weighted by Crippen LogP contribution is 2.42. The molecule has 0 radical (unpaired) electrons. The van der Waals surface area contributed by atoms with Crippen LogP contribution in [0.4, 0.5) is 19.3 Å². The number of rotatable bonds is 6. The van der Waals surface area contributed by atoms with Gasteiger partial charge in [-0.2, -0.15) is 0 Å². The molecule has 9 heteroatoms.